The molecule has 1 aromatic heterocycles. The van der Waals surface area contributed by atoms with E-state index in [2.05, 4.69) is 10.3 Å². The number of carboxylic acid groups (broad SMARTS) is 1. The van der Waals surface area contributed by atoms with Crippen molar-refractivity contribution in [2.75, 3.05) is 5.75 Å². The van der Waals surface area contributed by atoms with Crippen molar-refractivity contribution < 1.29 is 14.7 Å². The van der Waals surface area contributed by atoms with Crippen LogP contribution in [-0.4, -0.2) is 34.3 Å². The first-order valence-corrected chi connectivity index (χ1v) is 6.77. The molecule has 98 valence electrons. The minimum Gasteiger partial charge on any atom is -0.480 e. The van der Waals surface area contributed by atoms with Crippen LogP contribution in [0, 0.1) is 0 Å². The number of aliphatic carboxylic acids is 1. The second kappa shape index (κ2) is 7.94. The zero-order chi connectivity index (χ0) is 13.4. The Labute approximate surface area is 114 Å². The summed E-state index contributed by atoms with van der Waals surface area (Å²) in [5, 5.41) is 11.7. The highest BCUT2D eigenvalue weighted by Gasteiger charge is 2.15. The van der Waals surface area contributed by atoms with E-state index in [9.17, 15) is 9.59 Å². The molecular weight excluding hydrogens is 276 g/mol. The molecule has 0 aliphatic carbocycles. The number of carbonyl (C=O) groups excluding carboxylic acids is 1. The van der Waals surface area contributed by atoms with Gasteiger partial charge in [-0.3, -0.25) is 9.78 Å². The normalized spacial score (nSPS) is 11.8. The van der Waals surface area contributed by atoms with Gasteiger partial charge in [0.05, 0.1) is 5.02 Å². The summed E-state index contributed by atoms with van der Waals surface area (Å²) < 4.78 is 0. The van der Waals surface area contributed by atoms with Gasteiger partial charge >= 0.3 is 5.97 Å². The molecule has 0 fully saturated rings. The van der Waals surface area contributed by atoms with Gasteiger partial charge in [0.15, 0.2) is 0 Å². The zero-order valence-electron chi connectivity index (χ0n) is 9.51. The molecule has 1 aromatic rings. The Hall–Kier alpha value is -1.27. The lowest BCUT2D eigenvalue weighted by Gasteiger charge is -2.10. The molecule has 2 N–H and O–H groups in total. The van der Waals surface area contributed by atoms with E-state index in [0.717, 1.165) is 5.56 Å². The minimum atomic E-state index is -1.02. The van der Waals surface area contributed by atoms with E-state index in [1.807, 2.05) is 6.07 Å². The average molecular weight is 289 g/mol. The van der Waals surface area contributed by atoms with Gasteiger partial charge in [0.25, 0.3) is 0 Å². The topological polar surface area (TPSA) is 79.3 Å². The van der Waals surface area contributed by atoms with Crippen LogP contribution in [0.15, 0.2) is 18.5 Å². The smallest absolute Gasteiger partial charge is 0.326 e. The Morgan fingerprint density at radius 2 is 2.44 bits per heavy atom. The molecule has 0 aliphatic heterocycles. The largest absolute Gasteiger partial charge is 0.480 e. The van der Waals surface area contributed by atoms with Crippen molar-refractivity contribution >= 4 is 35.7 Å². The Balaban J connectivity index is 2.32. The van der Waals surface area contributed by atoms with Crippen LogP contribution in [0.2, 0.25) is 5.02 Å². The monoisotopic (exact) mass is 288 g/mol. The third kappa shape index (κ3) is 4.93. The standard InChI is InChI=1S/C11H13ClN2O3S/c12-9-5-13-3-1-8(9)6-18-4-2-10(11(16)17)14-7-15/h1,3,5,7,10H,2,4,6H2,(H,14,15)(H,16,17). The van der Waals surface area contributed by atoms with Crippen LogP contribution in [0.25, 0.3) is 0 Å². The molecule has 1 heterocycles. The summed E-state index contributed by atoms with van der Waals surface area (Å²) in [4.78, 5) is 24.8. The van der Waals surface area contributed by atoms with Gasteiger partial charge in [0.1, 0.15) is 6.04 Å². The highest BCUT2D eigenvalue weighted by molar-refractivity contribution is 7.98. The zero-order valence-corrected chi connectivity index (χ0v) is 11.1. The first-order chi connectivity index (χ1) is 8.65. The molecule has 1 rings (SSSR count). The van der Waals surface area contributed by atoms with E-state index in [0.29, 0.717) is 29.4 Å². The number of nitrogens with one attached hydrogen (secondary N) is 1. The summed E-state index contributed by atoms with van der Waals surface area (Å²) in [6.45, 7) is 0. The number of hydrogen-bond acceptors (Lipinski definition) is 4. The first-order valence-electron chi connectivity index (χ1n) is 5.23. The number of thioether (sulfide) groups is 1. The molecule has 7 heteroatoms. The number of carbonyl (C=O) groups is 2. The molecule has 0 bridgehead atoms. The molecule has 0 spiro atoms. The van der Waals surface area contributed by atoms with E-state index >= 15 is 0 Å². The predicted octanol–water partition coefficient (Wildman–Crippen LogP) is 1.56. The molecule has 1 unspecified atom stereocenters. The fraction of sp³-hybridized carbons (Fsp3) is 0.364. The third-order valence-corrected chi connectivity index (χ3v) is 3.61. The van der Waals surface area contributed by atoms with E-state index < -0.39 is 12.0 Å². The Bertz CT molecular complexity index is 417. The van der Waals surface area contributed by atoms with Crippen LogP contribution in [0.4, 0.5) is 0 Å². The second-order valence-corrected chi connectivity index (χ2v) is 5.00. The van der Waals surface area contributed by atoms with Gasteiger partial charge in [-0.25, -0.2) is 4.79 Å². The van der Waals surface area contributed by atoms with Gasteiger partial charge in [-0.1, -0.05) is 11.6 Å². The molecule has 0 saturated heterocycles. The summed E-state index contributed by atoms with van der Waals surface area (Å²) >= 11 is 7.50. The van der Waals surface area contributed by atoms with Gasteiger partial charge in [-0.2, -0.15) is 11.8 Å². The van der Waals surface area contributed by atoms with Crippen molar-refractivity contribution in [3.8, 4) is 0 Å². The van der Waals surface area contributed by atoms with Crippen LogP contribution < -0.4 is 5.32 Å². The maximum Gasteiger partial charge on any atom is 0.326 e. The van der Waals surface area contributed by atoms with Crippen LogP contribution in [-0.2, 0) is 15.3 Å². The number of aromatic nitrogens is 1. The number of carboxylic acids is 1. The van der Waals surface area contributed by atoms with Crippen molar-refractivity contribution in [2.24, 2.45) is 0 Å². The maximum absolute atomic E-state index is 10.7. The fourth-order valence-electron chi connectivity index (χ4n) is 1.26. The summed E-state index contributed by atoms with van der Waals surface area (Å²) in [7, 11) is 0. The average Bonchev–Trinajstić information content (AvgIpc) is 2.35. The minimum absolute atomic E-state index is 0.376. The number of nitrogens with zero attached hydrogens (tertiary/aromatic N) is 1. The Kier molecular flexibility index (Phi) is 6.53. The van der Waals surface area contributed by atoms with Gasteiger partial charge in [0, 0.05) is 18.1 Å². The quantitative estimate of drug-likeness (QED) is 0.560. The van der Waals surface area contributed by atoms with Crippen molar-refractivity contribution in [1.29, 1.82) is 0 Å². The highest BCUT2D eigenvalue weighted by atomic mass is 35.5. The molecular formula is C11H13ClN2O3S. The Morgan fingerprint density at radius 1 is 1.67 bits per heavy atom. The van der Waals surface area contributed by atoms with E-state index in [1.165, 1.54) is 0 Å². The van der Waals surface area contributed by atoms with E-state index in [4.69, 9.17) is 16.7 Å². The molecule has 0 saturated carbocycles. The molecule has 0 aliphatic rings. The van der Waals surface area contributed by atoms with Crippen molar-refractivity contribution in [3.63, 3.8) is 0 Å². The van der Waals surface area contributed by atoms with Crippen molar-refractivity contribution in [3.05, 3.63) is 29.0 Å². The lowest BCUT2D eigenvalue weighted by Crippen LogP contribution is -2.36. The molecule has 1 atom stereocenters. The van der Waals surface area contributed by atoms with Crippen LogP contribution in [0.1, 0.15) is 12.0 Å². The van der Waals surface area contributed by atoms with Gasteiger partial charge in [0.2, 0.25) is 6.41 Å². The highest BCUT2D eigenvalue weighted by Crippen LogP contribution is 2.20. The van der Waals surface area contributed by atoms with Crippen LogP contribution >= 0.6 is 23.4 Å². The molecule has 18 heavy (non-hydrogen) atoms. The molecule has 0 radical (unpaired) electrons. The molecule has 1 amide bonds. The first kappa shape index (κ1) is 14.8. The number of hydrogen-bond donors (Lipinski definition) is 2. The third-order valence-electron chi connectivity index (χ3n) is 2.23. The molecule has 0 aromatic carbocycles. The second-order valence-electron chi connectivity index (χ2n) is 3.48. The van der Waals surface area contributed by atoms with Crippen LogP contribution in [0.5, 0.6) is 0 Å². The van der Waals surface area contributed by atoms with Crippen molar-refractivity contribution in [2.45, 2.75) is 18.2 Å². The summed E-state index contributed by atoms with van der Waals surface area (Å²) in [6, 6.07) is 0.996. The summed E-state index contributed by atoms with van der Waals surface area (Å²) in [6.07, 6.45) is 4.02. The fourth-order valence-corrected chi connectivity index (χ4v) is 2.55. The lowest BCUT2D eigenvalue weighted by atomic mass is 10.2. The van der Waals surface area contributed by atoms with E-state index in [-0.39, 0.29) is 0 Å². The van der Waals surface area contributed by atoms with Crippen LogP contribution in [0.3, 0.4) is 0 Å². The van der Waals surface area contributed by atoms with Gasteiger partial charge < -0.3 is 10.4 Å². The predicted molar refractivity (Wildman–Crippen MR) is 70.6 cm³/mol. The number of amides is 1. The summed E-state index contributed by atoms with van der Waals surface area (Å²) in [5.74, 6) is 0.287. The number of rotatable bonds is 8. The number of halogens is 1. The van der Waals surface area contributed by atoms with Gasteiger partial charge in [-0.05, 0) is 23.8 Å². The SMILES string of the molecule is O=CNC(CCSCc1ccncc1Cl)C(=O)O. The van der Waals surface area contributed by atoms with Gasteiger partial charge in [-0.15, -0.1) is 0 Å². The maximum atomic E-state index is 10.7. The summed E-state index contributed by atoms with van der Waals surface area (Å²) in [5.41, 5.74) is 0.965. The molecule has 5 nitrogen and oxygen atoms in total. The lowest BCUT2D eigenvalue weighted by molar-refractivity contribution is -0.140. The Morgan fingerprint density at radius 3 is 3.06 bits per heavy atom. The number of pyridine rings is 1. The van der Waals surface area contributed by atoms with E-state index in [1.54, 1.807) is 24.2 Å². The van der Waals surface area contributed by atoms with Crippen molar-refractivity contribution in [1.82, 2.24) is 10.3 Å².